The average molecular weight is 328 g/mol. The van der Waals surface area contributed by atoms with Gasteiger partial charge in [-0.25, -0.2) is 12.8 Å². The van der Waals surface area contributed by atoms with Crippen LogP contribution in [0.3, 0.4) is 0 Å². The van der Waals surface area contributed by atoms with Gasteiger partial charge in [0.05, 0.1) is 6.26 Å². The van der Waals surface area contributed by atoms with Crippen LogP contribution in [0, 0.1) is 5.82 Å². The maximum atomic E-state index is 12.9. The Kier molecular flexibility index (Phi) is 5.52. The summed E-state index contributed by atoms with van der Waals surface area (Å²) in [7, 11) is -3.42. The fourth-order valence-corrected chi connectivity index (χ4v) is 3.31. The van der Waals surface area contributed by atoms with Crippen LogP contribution in [-0.4, -0.2) is 49.4 Å². The van der Waals surface area contributed by atoms with Gasteiger partial charge in [-0.2, -0.15) is 4.31 Å². The van der Waals surface area contributed by atoms with Crippen molar-refractivity contribution < 1.29 is 17.6 Å². The van der Waals surface area contributed by atoms with Crippen molar-refractivity contribution in [2.75, 3.05) is 25.9 Å². The fraction of sp³-hybridized carbons (Fsp3) is 0.533. The normalized spacial score (nSPS) is 15.5. The average Bonchev–Trinajstić information content (AvgIpc) is 2.98. The van der Waals surface area contributed by atoms with Crippen LogP contribution in [0.2, 0.25) is 0 Å². The molecule has 2 rings (SSSR count). The van der Waals surface area contributed by atoms with Gasteiger partial charge >= 0.3 is 0 Å². The van der Waals surface area contributed by atoms with Crippen LogP contribution in [0.25, 0.3) is 0 Å². The number of likely N-dealkylation sites (tertiary alicyclic amines) is 1. The van der Waals surface area contributed by atoms with Gasteiger partial charge in [0.1, 0.15) is 5.82 Å². The predicted octanol–water partition coefficient (Wildman–Crippen LogP) is 1.60. The molecule has 1 heterocycles. The lowest BCUT2D eigenvalue weighted by atomic mass is 10.2. The monoisotopic (exact) mass is 328 g/mol. The van der Waals surface area contributed by atoms with Gasteiger partial charge in [-0.15, -0.1) is 0 Å². The number of rotatable bonds is 6. The Hall–Kier alpha value is -1.47. The molecular formula is C15H21FN2O3S. The van der Waals surface area contributed by atoms with Gasteiger partial charge in [0.25, 0.3) is 0 Å². The molecule has 0 saturated carbocycles. The largest absolute Gasteiger partial charge is 0.343 e. The van der Waals surface area contributed by atoms with E-state index in [9.17, 15) is 17.6 Å². The number of sulfonamides is 1. The van der Waals surface area contributed by atoms with Crippen molar-refractivity contribution in [2.24, 2.45) is 0 Å². The zero-order valence-corrected chi connectivity index (χ0v) is 13.5. The molecule has 0 aromatic heterocycles. The standard InChI is InChI=1S/C15H21FN2O3S/c1-22(20,21)18(12-13-4-6-14(16)7-5-13)11-8-15(19)17-9-2-3-10-17/h4-7H,2-3,8-12H2,1H3. The molecule has 22 heavy (non-hydrogen) atoms. The Bertz CT molecular complexity index is 610. The molecule has 1 amide bonds. The number of carbonyl (C=O) groups is 1. The molecule has 0 atom stereocenters. The number of carbonyl (C=O) groups excluding carboxylic acids is 1. The van der Waals surface area contributed by atoms with Gasteiger partial charge in [0.2, 0.25) is 15.9 Å². The number of halogens is 1. The van der Waals surface area contributed by atoms with Crippen LogP contribution in [0.15, 0.2) is 24.3 Å². The Morgan fingerprint density at radius 2 is 1.82 bits per heavy atom. The molecule has 0 radical (unpaired) electrons. The SMILES string of the molecule is CS(=O)(=O)N(CCC(=O)N1CCCC1)Cc1ccc(F)cc1. The van der Waals surface area contributed by atoms with Crippen LogP contribution in [-0.2, 0) is 21.4 Å². The minimum absolute atomic E-state index is 0.00902. The summed E-state index contributed by atoms with van der Waals surface area (Å²) in [4.78, 5) is 13.8. The van der Waals surface area contributed by atoms with E-state index in [-0.39, 0.29) is 31.2 Å². The van der Waals surface area contributed by atoms with Gasteiger partial charge in [0, 0.05) is 32.6 Å². The molecule has 0 spiro atoms. The van der Waals surface area contributed by atoms with E-state index in [4.69, 9.17) is 0 Å². The van der Waals surface area contributed by atoms with Crippen LogP contribution in [0.4, 0.5) is 4.39 Å². The molecule has 1 saturated heterocycles. The van der Waals surface area contributed by atoms with E-state index in [0.29, 0.717) is 5.56 Å². The Morgan fingerprint density at radius 3 is 2.36 bits per heavy atom. The molecule has 1 fully saturated rings. The first-order chi connectivity index (χ1) is 10.4. The van der Waals surface area contributed by atoms with Crippen LogP contribution in [0.1, 0.15) is 24.8 Å². The Balaban J connectivity index is 1.97. The van der Waals surface area contributed by atoms with E-state index in [1.165, 1.54) is 16.4 Å². The third kappa shape index (κ3) is 4.78. The molecular weight excluding hydrogens is 307 g/mol. The van der Waals surface area contributed by atoms with Gasteiger partial charge in [0.15, 0.2) is 0 Å². The third-order valence-corrected chi connectivity index (χ3v) is 5.02. The van der Waals surface area contributed by atoms with Crippen molar-refractivity contribution in [1.29, 1.82) is 0 Å². The van der Waals surface area contributed by atoms with Crippen molar-refractivity contribution in [2.45, 2.75) is 25.8 Å². The van der Waals surface area contributed by atoms with Crippen molar-refractivity contribution in [3.05, 3.63) is 35.6 Å². The Labute approximate surface area is 130 Å². The topological polar surface area (TPSA) is 57.7 Å². The minimum Gasteiger partial charge on any atom is -0.343 e. The number of benzene rings is 1. The lowest BCUT2D eigenvalue weighted by Crippen LogP contribution is -2.35. The van der Waals surface area contributed by atoms with Crippen LogP contribution in [0.5, 0.6) is 0 Å². The Morgan fingerprint density at radius 1 is 1.23 bits per heavy atom. The minimum atomic E-state index is -3.42. The molecule has 1 aromatic carbocycles. The van der Waals surface area contributed by atoms with Crippen LogP contribution >= 0.6 is 0 Å². The second-order valence-electron chi connectivity index (χ2n) is 5.56. The predicted molar refractivity (Wildman–Crippen MR) is 82.1 cm³/mol. The molecule has 122 valence electrons. The number of hydrogen-bond acceptors (Lipinski definition) is 3. The second kappa shape index (κ2) is 7.19. The van der Waals surface area contributed by atoms with Crippen LogP contribution < -0.4 is 0 Å². The van der Waals surface area contributed by atoms with E-state index in [2.05, 4.69) is 0 Å². The highest BCUT2D eigenvalue weighted by Gasteiger charge is 2.22. The summed E-state index contributed by atoms with van der Waals surface area (Å²) in [5.41, 5.74) is 0.695. The van der Waals surface area contributed by atoms with Gasteiger partial charge in [-0.1, -0.05) is 12.1 Å². The molecule has 0 bridgehead atoms. The zero-order chi connectivity index (χ0) is 16.2. The molecule has 7 heteroatoms. The van der Waals surface area contributed by atoms with Crippen molar-refractivity contribution in [3.8, 4) is 0 Å². The first-order valence-corrected chi connectivity index (χ1v) is 9.18. The quantitative estimate of drug-likeness (QED) is 0.797. The highest BCUT2D eigenvalue weighted by Crippen LogP contribution is 2.13. The fourth-order valence-electron chi connectivity index (χ4n) is 2.50. The van der Waals surface area contributed by atoms with E-state index in [1.54, 1.807) is 17.0 Å². The molecule has 0 aliphatic carbocycles. The first kappa shape index (κ1) is 16.9. The number of amides is 1. The van der Waals surface area contributed by atoms with E-state index in [1.807, 2.05) is 0 Å². The lowest BCUT2D eigenvalue weighted by Gasteiger charge is -2.22. The summed E-state index contributed by atoms with van der Waals surface area (Å²) in [6.07, 6.45) is 3.32. The molecule has 5 nitrogen and oxygen atoms in total. The summed E-state index contributed by atoms with van der Waals surface area (Å²) < 4.78 is 37.9. The van der Waals surface area contributed by atoms with Gasteiger partial charge in [-0.3, -0.25) is 4.79 Å². The van der Waals surface area contributed by atoms with Crippen molar-refractivity contribution in [1.82, 2.24) is 9.21 Å². The molecule has 1 aliphatic rings. The highest BCUT2D eigenvalue weighted by atomic mass is 32.2. The first-order valence-electron chi connectivity index (χ1n) is 7.33. The third-order valence-electron chi connectivity index (χ3n) is 3.78. The number of nitrogens with zero attached hydrogens (tertiary/aromatic N) is 2. The summed E-state index contributed by atoms with van der Waals surface area (Å²) in [6, 6.07) is 5.70. The molecule has 1 aliphatic heterocycles. The zero-order valence-electron chi connectivity index (χ0n) is 12.7. The van der Waals surface area contributed by atoms with E-state index < -0.39 is 10.0 Å². The maximum absolute atomic E-state index is 12.9. The highest BCUT2D eigenvalue weighted by molar-refractivity contribution is 7.88. The van der Waals surface area contributed by atoms with Crippen molar-refractivity contribution >= 4 is 15.9 Å². The summed E-state index contributed by atoms with van der Waals surface area (Å²) in [5.74, 6) is -0.371. The number of hydrogen-bond donors (Lipinski definition) is 0. The van der Waals surface area contributed by atoms with Gasteiger partial charge < -0.3 is 4.90 Å². The summed E-state index contributed by atoms with van der Waals surface area (Å²) in [5, 5.41) is 0. The molecule has 1 aromatic rings. The smallest absolute Gasteiger partial charge is 0.223 e. The maximum Gasteiger partial charge on any atom is 0.223 e. The lowest BCUT2D eigenvalue weighted by molar-refractivity contribution is -0.130. The molecule has 0 N–H and O–H groups in total. The van der Waals surface area contributed by atoms with Crippen molar-refractivity contribution in [3.63, 3.8) is 0 Å². The summed E-state index contributed by atoms with van der Waals surface area (Å²) >= 11 is 0. The van der Waals surface area contributed by atoms with E-state index in [0.717, 1.165) is 32.2 Å². The van der Waals surface area contributed by atoms with E-state index >= 15 is 0 Å². The summed E-state index contributed by atoms with van der Waals surface area (Å²) in [6.45, 7) is 1.81. The molecule has 0 unspecified atom stereocenters. The van der Waals surface area contributed by atoms with Gasteiger partial charge in [-0.05, 0) is 30.5 Å². The second-order valence-corrected chi connectivity index (χ2v) is 7.54.